The van der Waals surface area contributed by atoms with Gasteiger partial charge < -0.3 is 5.32 Å². The van der Waals surface area contributed by atoms with Gasteiger partial charge in [-0.3, -0.25) is 0 Å². The van der Waals surface area contributed by atoms with Crippen LogP contribution in [-0.4, -0.2) is 9.59 Å². The molecule has 1 heterocycles. The highest BCUT2D eigenvalue weighted by atomic mass is 127. The Morgan fingerprint density at radius 3 is 3.07 bits per heavy atom. The predicted molar refractivity (Wildman–Crippen MR) is 66.4 cm³/mol. The van der Waals surface area contributed by atoms with E-state index in [4.69, 9.17) is 0 Å². The number of nitrogens with zero attached hydrogens (tertiary/aromatic N) is 2. The van der Waals surface area contributed by atoms with E-state index in [1.165, 1.54) is 15.1 Å². The van der Waals surface area contributed by atoms with Gasteiger partial charge in [0.1, 0.15) is 0 Å². The fourth-order valence-corrected chi connectivity index (χ4v) is 2.05. The Bertz CT molecular complexity index is 402. The van der Waals surface area contributed by atoms with E-state index in [1.54, 1.807) is 0 Å². The molecule has 2 aromatic rings. The van der Waals surface area contributed by atoms with Crippen molar-refractivity contribution in [3.05, 3.63) is 38.9 Å². The van der Waals surface area contributed by atoms with Crippen molar-refractivity contribution >= 4 is 39.8 Å². The lowest BCUT2D eigenvalue weighted by molar-refractivity contribution is 0.999. The zero-order chi connectivity index (χ0) is 9.80. The first-order valence-corrected chi connectivity index (χ1v) is 6.01. The van der Waals surface area contributed by atoms with Crippen molar-refractivity contribution in [2.45, 2.75) is 6.54 Å². The van der Waals surface area contributed by atoms with Crippen molar-refractivity contribution in [1.29, 1.82) is 0 Å². The topological polar surface area (TPSA) is 37.8 Å². The number of hydrogen-bond acceptors (Lipinski definition) is 4. The zero-order valence-corrected chi connectivity index (χ0v) is 10.2. The van der Waals surface area contributed by atoms with E-state index in [9.17, 15) is 0 Å². The van der Waals surface area contributed by atoms with Crippen LogP contribution in [0.4, 0.5) is 5.69 Å². The van der Waals surface area contributed by atoms with Crippen LogP contribution in [0.2, 0.25) is 0 Å². The molecule has 1 aromatic carbocycles. The van der Waals surface area contributed by atoms with Crippen molar-refractivity contribution in [3.8, 4) is 0 Å². The normalized spacial score (nSPS) is 10.1. The van der Waals surface area contributed by atoms with Crippen LogP contribution in [0.25, 0.3) is 0 Å². The van der Waals surface area contributed by atoms with Crippen molar-refractivity contribution in [1.82, 2.24) is 9.59 Å². The first-order valence-electron chi connectivity index (χ1n) is 4.10. The molecule has 0 fully saturated rings. The molecule has 0 aliphatic carbocycles. The number of aromatic nitrogens is 2. The molecule has 0 amide bonds. The number of hydrogen-bond donors (Lipinski definition) is 1. The molecule has 0 spiro atoms. The van der Waals surface area contributed by atoms with Crippen LogP contribution in [0, 0.1) is 3.57 Å². The van der Waals surface area contributed by atoms with Crippen molar-refractivity contribution < 1.29 is 0 Å². The summed E-state index contributed by atoms with van der Waals surface area (Å²) in [4.78, 5) is 0. The molecule has 2 rings (SSSR count). The van der Waals surface area contributed by atoms with Crippen molar-refractivity contribution in [2.24, 2.45) is 0 Å². The molecule has 14 heavy (non-hydrogen) atoms. The maximum atomic E-state index is 3.96. The van der Waals surface area contributed by atoms with E-state index >= 15 is 0 Å². The van der Waals surface area contributed by atoms with E-state index in [2.05, 4.69) is 49.6 Å². The van der Waals surface area contributed by atoms with Gasteiger partial charge in [-0.1, -0.05) is 10.6 Å². The Labute approximate surface area is 99.9 Å². The summed E-state index contributed by atoms with van der Waals surface area (Å²) < 4.78 is 5.03. The Morgan fingerprint density at radius 1 is 1.43 bits per heavy atom. The summed E-state index contributed by atoms with van der Waals surface area (Å²) in [7, 11) is 0. The minimum atomic E-state index is 0.733. The van der Waals surface area contributed by atoms with E-state index in [-0.39, 0.29) is 0 Å². The summed E-state index contributed by atoms with van der Waals surface area (Å²) in [6, 6.07) is 8.24. The second kappa shape index (κ2) is 4.70. The van der Waals surface area contributed by atoms with Gasteiger partial charge in [0.25, 0.3) is 0 Å². The number of anilines is 1. The van der Waals surface area contributed by atoms with Gasteiger partial charge in [-0.15, -0.1) is 5.10 Å². The van der Waals surface area contributed by atoms with Crippen LogP contribution in [0.1, 0.15) is 5.69 Å². The molecule has 0 atom stereocenters. The molecule has 0 unspecified atom stereocenters. The van der Waals surface area contributed by atoms with Crippen molar-refractivity contribution in [3.63, 3.8) is 0 Å². The first-order chi connectivity index (χ1) is 6.84. The third-order valence-electron chi connectivity index (χ3n) is 1.70. The van der Waals surface area contributed by atoms with Crippen LogP contribution in [-0.2, 0) is 6.54 Å². The van der Waals surface area contributed by atoms with Gasteiger partial charge >= 0.3 is 0 Å². The fourth-order valence-electron chi connectivity index (χ4n) is 1.05. The van der Waals surface area contributed by atoms with Gasteiger partial charge in [-0.05, 0) is 52.3 Å². The Balaban J connectivity index is 1.98. The molecule has 0 bridgehead atoms. The summed E-state index contributed by atoms with van der Waals surface area (Å²) in [6.07, 6.45) is 0. The highest BCUT2D eigenvalue weighted by Gasteiger charge is 1.96. The minimum Gasteiger partial charge on any atom is -0.379 e. The predicted octanol–water partition coefficient (Wildman–Crippen LogP) is 2.75. The van der Waals surface area contributed by atoms with Gasteiger partial charge in [0, 0.05) is 14.6 Å². The van der Waals surface area contributed by atoms with Crippen molar-refractivity contribution in [2.75, 3.05) is 5.32 Å². The standard InChI is InChI=1S/C9H8IN3S/c10-7-2-1-3-8(4-7)11-5-9-6-14-13-12-9/h1-4,6,11H,5H2. The zero-order valence-electron chi connectivity index (χ0n) is 7.27. The fraction of sp³-hybridized carbons (Fsp3) is 0.111. The molecule has 3 nitrogen and oxygen atoms in total. The molecule has 0 saturated heterocycles. The monoisotopic (exact) mass is 317 g/mol. The molecule has 0 saturated carbocycles. The molecule has 0 aliphatic heterocycles. The molecular formula is C9H8IN3S. The van der Waals surface area contributed by atoms with E-state index in [1.807, 2.05) is 17.5 Å². The average molecular weight is 317 g/mol. The summed E-state index contributed by atoms with van der Waals surface area (Å²) in [6.45, 7) is 0.733. The maximum absolute atomic E-state index is 3.96. The summed E-state index contributed by atoms with van der Waals surface area (Å²) in [5.74, 6) is 0. The van der Waals surface area contributed by atoms with Gasteiger partial charge in [0.05, 0.1) is 12.2 Å². The van der Waals surface area contributed by atoms with Crippen LogP contribution in [0.15, 0.2) is 29.6 Å². The van der Waals surface area contributed by atoms with Crippen LogP contribution in [0.5, 0.6) is 0 Å². The number of nitrogens with one attached hydrogen (secondary N) is 1. The number of rotatable bonds is 3. The molecule has 1 N–H and O–H groups in total. The summed E-state index contributed by atoms with van der Waals surface area (Å²) in [5, 5.41) is 9.19. The quantitative estimate of drug-likeness (QED) is 0.885. The second-order valence-corrected chi connectivity index (χ2v) is 4.62. The average Bonchev–Trinajstić information content (AvgIpc) is 2.67. The number of halogens is 1. The summed E-state index contributed by atoms with van der Waals surface area (Å²) >= 11 is 3.67. The Kier molecular flexibility index (Phi) is 3.30. The van der Waals surface area contributed by atoms with E-state index in [0.29, 0.717) is 0 Å². The third kappa shape index (κ3) is 2.65. The van der Waals surface area contributed by atoms with Gasteiger partial charge in [-0.25, -0.2) is 0 Å². The smallest absolute Gasteiger partial charge is 0.0946 e. The largest absolute Gasteiger partial charge is 0.379 e. The maximum Gasteiger partial charge on any atom is 0.0946 e. The third-order valence-corrected chi connectivity index (χ3v) is 2.93. The lowest BCUT2D eigenvalue weighted by atomic mass is 10.3. The highest BCUT2D eigenvalue weighted by Crippen LogP contribution is 2.13. The molecule has 5 heteroatoms. The molecule has 0 radical (unpaired) electrons. The van der Waals surface area contributed by atoms with Crippen LogP contribution in [0.3, 0.4) is 0 Å². The van der Waals surface area contributed by atoms with E-state index < -0.39 is 0 Å². The first kappa shape index (κ1) is 9.85. The minimum absolute atomic E-state index is 0.733. The van der Waals surface area contributed by atoms with Crippen LogP contribution < -0.4 is 5.32 Å². The lowest BCUT2D eigenvalue weighted by Crippen LogP contribution is -1.99. The van der Waals surface area contributed by atoms with E-state index in [0.717, 1.165) is 17.9 Å². The van der Waals surface area contributed by atoms with Gasteiger partial charge in [0.15, 0.2) is 0 Å². The SMILES string of the molecule is Ic1cccc(NCc2csnn2)c1. The summed E-state index contributed by atoms with van der Waals surface area (Å²) in [5.41, 5.74) is 2.10. The number of benzene rings is 1. The molecule has 1 aromatic heterocycles. The lowest BCUT2D eigenvalue weighted by Gasteiger charge is -2.03. The Morgan fingerprint density at radius 2 is 2.36 bits per heavy atom. The van der Waals surface area contributed by atoms with Gasteiger partial charge in [-0.2, -0.15) is 0 Å². The highest BCUT2D eigenvalue weighted by molar-refractivity contribution is 14.1. The Hall–Kier alpha value is -0.690. The van der Waals surface area contributed by atoms with Crippen LogP contribution >= 0.6 is 34.1 Å². The van der Waals surface area contributed by atoms with Gasteiger partial charge in [0.2, 0.25) is 0 Å². The molecule has 0 aliphatic rings. The second-order valence-electron chi connectivity index (χ2n) is 2.76. The molecule has 72 valence electrons. The molecular weight excluding hydrogens is 309 g/mol.